The van der Waals surface area contributed by atoms with Gasteiger partial charge in [-0.3, -0.25) is 14.5 Å². The van der Waals surface area contributed by atoms with E-state index in [0.29, 0.717) is 28.3 Å². The first-order valence-corrected chi connectivity index (χ1v) is 10.6. The molecule has 1 atom stereocenters. The first kappa shape index (κ1) is 21.6. The van der Waals surface area contributed by atoms with Crippen LogP contribution in [0.15, 0.2) is 64.3 Å². The van der Waals surface area contributed by atoms with Crippen LogP contribution in [-0.4, -0.2) is 17.9 Å². The highest BCUT2D eigenvalue weighted by atomic mass is 79.9. The Bertz CT molecular complexity index is 1090. The number of nitrogens with zero attached hydrogens (tertiary/aromatic N) is 1. The lowest BCUT2D eigenvalue weighted by atomic mass is 9.73. The lowest BCUT2D eigenvalue weighted by Crippen LogP contribution is -2.45. The summed E-state index contributed by atoms with van der Waals surface area (Å²) >= 11 is 3.33. The summed E-state index contributed by atoms with van der Waals surface area (Å²) in [6.07, 6.45) is -4.45. The average molecular weight is 493 g/mol. The van der Waals surface area contributed by atoms with Crippen molar-refractivity contribution in [2.24, 2.45) is 5.41 Å². The lowest BCUT2D eigenvalue weighted by molar-refractivity contribution is -0.170. The van der Waals surface area contributed by atoms with Crippen molar-refractivity contribution in [2.75, 3.05) is 10.2 Å². The minimum atomic E-state index is -5.11. The Morgan fingerprint density at radius 2 is 1.74 bits per heavy atom. The number of amides is 1. The summed E-state index contributed by atoms with van der Waals surface area (Å²) in [7, 11) is 0. The number of hydrogen-bond donors (Lipinski definition) is 1. The van der Waals surface area contributed by atoms with Gasteiger partial charge in [-0.15, -0.1) is 0 Å². The molecular weight excluding hydrogens is 473 g/mol. The number of alkyl halides is 3. The van der Waals surface area contributed by atoms with Gasteiger partial charge in [0.1, 0.15) is 0 Å². The minimum absolute atomic E-state index is 0.0812. The van der Waals surface area contributed by atoms with Crippen molar-refractivity contribution in [3.63, 3.8) is 0 Å². The molecule has 1 heterocycles. The van der Waals surface area contributed by atoms with E-state index in [1.54, 1.807) is 42.5 Å². The summed E-state index contributed by atoms with van der Waals surface area (Å²) in [5.41, 5.74) is 1.27. The smallest absolute Gasteiger partial charge is 0.357 e. The van der Waals surface area contributed by atoms with Crippen LogP contribution in [0.1, 0.15) is 38.3 Å². The molecule has 0 fully saturated rings. The van der Waals surface area contributed by atoms with E-state index < -0.39 is 18.1 Å². The van der Waals surface area contributed by atoms with Crippen LogP contribution in [-0.2, 0) is 9.59 Å². The molecule has 1 aliphatic heterocycles. The normalized spacial score (nSPS) is 20.5. The number of halogens is 4. The number of Topliss-reactive ketones (excluding diaryl/α,β-unsaturated/α-hetero) is 1. The van der Waals surface area contributed by atoms with E-state index in [0.717, 1.165) is 4.47 Å². The number of rotatable bonds is 1. The number of allylic oxidation sites excluding steroid dienone is 1. The molecule has 1 amide bonds. The predicted molar refractivity (Wildman–Crippen MR) is 116 cm³/mol. The van der Waals surface area contributed by atoms with Crippen LogP contribution in [0.4, 0.5) is 24.5 Å². The Balaban J connectivity index is 2.03. The monoisotopic (exact) mass is 492 g/mol. The van der Waals surface area contributed by atoms with Gasteiger partial charge in [0.05, 0.1) is 17.4 Å². The van der Waals surface area contributed by atoms with E-state index in [-0.39, 0.29) is 28.9 Å². The van der Waals surface area contributed by atoms with E-state index in [9.17, 15) is 22.8 Å². The molecule has 0 bridgehead atoms. The van der Waals surface area contributed by atoms with Crippen molar-refractivity contribution < 1.29 is 22.8 Å². The van der Waals surface area contributed by atoms with E-state index >= 15 is 0 Å². The van der Waals surface area contributed by atoms with Crippen LogP contribution in [0, 0.1) is 5.41 Å². The van der Waals surface area contributed by atoms with Gasteiger partial charge in [-0.1, -0.05) is 54.0 Å². The number of carbonyl (C=O) groups is 2. The van der Waals surface area contributed by atoms with Crippen molar-refractivity contribution in [2.45, 2.75) is 38.9 Å². The molecule has 31 heavy (non-hydrogen) atoms. The van der Waals surface area contributed by atoms with Crippen LogP contribution >= 0.6 is 15.9 Å². The molecular formula is C23H20BrF3N2O2. The molecule has 162 valence electrons. The van der Waals surface area contributed by atoms with Gasteiger partial charge in [-0.2, -0.15) is 13.2 Å². The van der Waals surface area contributed by atoms with E-state index in [4.69, 9.17) is 0 Å². The van der Waals surface area contributed by atoms with Crippen molar-refractivity contribution in [1.82, 2.24) is 0 Å². The standard InChI is InChI=1S/C23H20BrF3N2O2/c1-22(2)11-16-19(18(30)12-22)20(13-7-9-14(24)10-8-13)29(21(31)23(25,26)27)17-6-4-3-5-15(17)28-16/h3-10,20,28H,11-12H2,1-2H3/t20-/m0/s1. The van der Waals surface area contributed by atoms with Crippen molar-refractivity contribution in [1.29, 1.82) is 0 Å². The second kappa shape index (κ2) is 7.51. The summed E-state index contributed by atoms with van der Waals surface area (Å²) in [5.74, 6) is -2.28. The fourth-order valence-electron chi connectivity index (χ4n) is 4.31. The Kier molecular flexibility index (Phi) is 5.24. The van der Waals surface area contributed by atoms with Crippen molar-refractivity contribution in [3.8, 4) is 0 Å². The predicted octanol–water partition coefficient (Wildman–Crippen LogP) is 6.15. The summed E-state index contributed by atoms with van der Waals surface area (Å²) in [6, 6.07) is 11.8. The maximum atomic E-state index is 13.7. The highest BCUT2D eigenvalue weighted by Gasteiger charge is 2.50. The highest BCUT2D eigenvalue weighted by molar-refractivity contribution is 9.10. The maximum Gasteiger partial charge on any atom is 0.471 e. The third-order valence-corrected chi connectivity index (χ3v) is 6.08. The Morgan fingerprint density at radius 3 is 2.39 bits per heavy atom. The number of hydrogen-bond acceptors (Lipinski definition) is 3. The maximum absolute atomic E-state index is 13.7. The van der Waals surface area contributed by atoms with Crippen LogP contribution in [0.5, 0.6) is 0 Å². The lowest BCUT2D eigenvalue weighted by Gasteiger charge is -2.37. The zero-order chi connectivity index (χ0) is 22.6. The van der Waals surface area contributed by atoms with Crippen LogP contribution in [0.25, 0.3) is 0 Å². The van der Waals surface area contributed by atoms with E-state index in [1.165, 1.54) is 6.07 Å². The molecule has 0 saturated carbocycles. The molecule has 4 nitrogen and oxygen atoms in total. The van der Waals surface area contributed by atoms with Gasteiger partial charge >= 0.3 is 12.1 Å². The van der Waals surface area contributed by atoms with Gasteiger partial charge in [0, 0.05) is 22.2 Å². The number of para-hydroxylation sites is 2. The molecule has 4 rings (SSSR count). The van der Waals surface area contributed by atoms with E-state index in [2.05, 4.69) is 21.2 Å². The number of nitrogens with one attached hydrogen (secondary N) is 1. The fraction of sp³-hybridized carbons (Fsp3) is 0.304. The average Bonchev–Trinajstić information content (AvgIpc) is 2.80. The second-order valence-electron chi connectivity index (χ2n) is 8.60. The summed E-state index contributed by atoms with van der Waals surface area (Å²) < 4.78 is 42.0. The zero-order valence-electron chi connectivity index (χ0n) is 16.9. The van der Waals surface area contributed by atoms with Gasteiger partial charge < -0.3 is 5.32 Å². The summed E-state index contributed by atoms with van der Waals surface area (Å²) in [6.45, 7) is 3.89. The fourth-order valence-corrected chi connectivity index (χ4v) is 4.57. The van der Waals surface area contributed by atoms with Gasteiger partial charge in [-0.25, -0.2) is 0 Å². The molecule has 0 radical (unpaired) electrons. The quantitative estimate of drug-likeness (QED) is 0.518. The largest absolute Gasteiger partial charge is 0.471 e. The van der Waals surface area contributed by atoms with E-state index in [1.807, 2.05) is 13.8 Å². The van der Waals surface area contributed by atoms with Crippen LogP contribution < -0.4 is 10.2 Å². The Labute approximate surface area is 186 Å². The summed E-state index contributed by atoms with van der Waals surface area (Å²) in [4.78, 5) is 26.7. The number of fused-ring (bicyclic) bond motifs is 1. The SMILES string of the molecule is CC1(C)CC(=O)C2=C(C1)Nc1ccccc1N(C(=O)C(F)(F)F)[C@H]2c1ccc(Br)cc1. The van der Waals surface area contributed by atoms with Crippen molar-refractivity contribution in [3.05, 3.63) is 69.8 Å². The molecule has 2 aliphatic rings. The third kappa shape index (κ3) is 4.01. The second-order valence-corrected chi connectivity index (χ2v) is 9.52. The molecule has 2 aromatic carbocycles. The number of ketones is 1. The molecule has 0 unspecified atom stereocenters. The van der Waals surface area contributed by atoms with Gasteiger partial charge in [0.25, 0.3) is 0 Å². The van der Waals surface area contributed by atoms with Crippen molar-refractivity contribution >= 4 is 39.0 Å². The van der Waals surface area contributed by atoms with Gasteiger partial charge in [-0.05, 0) is 41.7 Å². The molecule has 0 spiro atoms. The van der Waals surface area contributed by atoms with Crippen LogP contribution in [0.2, 0.25) is 0 Å². The zero-order valence-corrected chi connectivity index (χ0v) is 18.5. The topological polar surface area (TPSA) is 49.4 Å². The molecule has 1 aliphatic carbocycles. The van der Waals surface area contributed by atoms with Gasteiger partial charge in [0.2, 0.25) is 0 Å². The first-order chi connectivity index (χ1) is 14.5. The summed E-state index contributed by atoms with van der Waals surface area (Å²) in [5, 5.41) is 3.18. The molecule has 8 heteroatoms. The molecule has 2 aromatic rings. The Morgan fingerprint density at radius 1 is 1.10 bits per heavy atom. The third-order valence-electron chi connectivity index (χ3n) is 5.55. The number of carbonyl (C=O) groups excluding carboxylic acids is 2. The highest BCUT2D eigenvalue weighted by Crippen LogP contribution is 2.49. The van der Waals surface area contributed by atoms with Gasteiger partial charge in [0.15, 0.2) is 5.78 Å². The first-order valence-electron chi connectivity index (χ1n) is 9.76. The number of benzene rings is 2. The molecule has 0 saturated heterocycles. The van der Waals surface area contributed by atoms with Crippen LogP contribution in [0.3, 0.4) is 0 Å². The minimum Gasteiger partial charge on any atom is -0.357 e. The Hall–Kier alpha value is -2.61. The molecule has 0 aromatic heterocycles. The molecule has 1 N–H and O–H groups in total. The number of anilines is 2.